The van der Waals surface area contributed by atoms with Crippen molar-refractivity contribution in [2.75, 3.05) is 0 Å². The molecule has 0 N–H and O–H groups in total. The van der Waals surface area contributed by atoms with Crippen molar-refractivity contribution in [3.63, 3.8) is 0 Å². The molecule has 4 rings (SSSR count). The number of benzene rings is 2. The molecule has 0 aliphatic rings. The van der Waals surface area contributed by atoms with Gasteiger partial charge in [-0.2, -0.15) is 0 Å². The summed E-state index contributed by atoms with van der Waals surface area (Å²) < 4.78 is 15.3. The lowest BCUT2D eigenvalue weighted by atomic mass is 10.1. The van der Waals surface area contributed by atoms with Crippen molar-refractivity contribution in [3.8, 4) is 0 Å². The molecule has 0 radical (unpaired) electrons. The molecule has 2 aromatic heterocycles. The summed E-state index contributed by atoms with van der Waals surface area (Å²) in [6, 6.07) is 12.3. The van der Waals surface area contributed by atoms with Crippen LogP contribution in [0.15, 0.2) is 53.3 Å². The van der Waals surface area contributed by atoms with Crippen molar-refractivity contribution >= 4 is 27.2 Å². The monoisotopic (exact) mass is 423 g/mol. The molecular formula is C22H18FN3O3S. The number of fused-ring (bicyclic) bond motifs is 1. The summed E-state index contributed by atoms with van der Waals surface area (Å²) in [5, 5.41) is 11.5. The summed E-state index contributed by atoms with van der Waals surface area (Å²) in [5.74, 6) is 0.168. The van der Waals surface area contributed by atoms with E-state index in [4.69, 9.17) is 4.98 Å². The summed E-state index contributed by atoms with van der Waals surface area (Å²) in [6.07, 6.45) is 0.328. The molecule has 6 nitrogen and oxygen atoms in total. The third kappa shape index (κ3) is 3.73. The highest BCUT2D eigenvalue weighted by atomic mass is 32.1. The Bertz CT molecular complexity index is 1330. The summed E-state index contributed by atoms with van der Waals surface area (Å²) >= 11 is 1.47. The number of rotatable bonds is 5. The average Bonchev–Trinajstić information content (AvgIpc) is 2.99. The predicted octanol–water partition coefficient (Wildman–Crippen LogP) is 4.76. The van der Waals surface area contributed by atoms with Gasteiger partial charge in [0, 0.05) is 23.4 Å². The second-order valence-electron chi connectivity index (χ2n) is 7.11. The van der Waals surface area contributed by atoms with Gasteiger partial charge in [0.2, 0.25) is 0 Å². The fraction of sp³-hybridized carbons (Fsp3) is 0.182. The van der Waals surface area contributed by atoms with E-state index in [1.54, 1.807) is 28.8 Å². The molecule has 0 saturated heterocycles. The number of thiophene rings is 1. The zero-order valence-electron chi connectivity index (χ0n) is 16.4. The molecule has 0 saturated carbocycles. The van der Waals surface area contributed by atoms with Crippen LogP contribution < -0.4 is 5.56 Å². The molecule has 4 aromatic rings. The first kappa shape index (κ1) is 19.9. The molecule has 0 amide bonds. The van der Waals surface area contributed by atoms with Gasteiger partial charge in [0.25, 0.3) is 11.2 Å². The molecule has 0 spiro atoms. The lowest BCUT2D eigenvalue weighted by molar-refractivity contribution is -0.384. The first-order valence-electron chi connectivity index (χ1n) is 9.30. The van der Waals surface area contributed by atoms with Gasteiger partial charge in [-0.05, 0) is 42.7 Å². The number of halogens is 1. The molecular weight excluding hydrogens is 405 g/mol. The van der Waals surface area contributed by atoms with Crippen molar-refractivity contribution in [1.29, 1.82) is 0 Å². The van der Waals surface area contributed by atoms with Gasteiger partial charge < -0.3 is 0 Å². The van der Waals surface area contributed by atoms with Gasteiger partial charge in [-0.25, -0.2) is 9.37 Å². The Labute approximate surface area is 175 Å². The van der Waals surface area contributed by atoms with Crippen LogP contribution in [-0.2, 0) is 13.0 Å². The van der Waals surface area contributed by atoms with Crippen LogP contribution in [0.2, 0.25) is 0 Å². The summed E-state index contributed by atoms with van der Waals surface area (Å²) in [5.41, 5.74) is 2.20. The first-order chi connectivity index (χ1) is 14.3. The fourth-order valence-corrected chi connectivity index (χ4v) is 4.44. The van der Waals surface area contributed by atoms with E-state index in [0.717, 1.165) is 16.0 Å². The van der Waals surface area contributed by atoms with E-state index in [-0.39, 0.29) is 23.6 Å². The molecule has 30 heavy (non-hydrogen) atoms. The molecule has 0 unspecified atom stereocenters. The standard InChI is InChI=1S/C22H18FN3O3S/c1-13-14(2)30-21-20(13)22(27)25(12-16-4-3-5-17(23)10-16)19(24-21)11-15-6-8-18(9-7-15)26(28)29/h3-10H,11-12H2,1-2H3. The quantitative estimate of drug-likeness (QED) is 0.342. The number of hydrogen-bond acceptors (Lipinski definition) is 5. The van der Waals surface area contributed by atoms with Crippen molar-refractivity contribution in [3.05, 3.63) is 102 Å². The number of aryl methyl sites for hydroxylation is 2. The smallest absolute Gasteiger partial charge is 0.269 e. The summed E-state index contributed by atoms with van der Waals surface area (Å²) in [6.45, 7) is 4.05. The van der Waals surface area contributed by atoms with Crippen LogP contribution >= 0.6 is 11.3 Å². The van der Waals surface area contributed by atoms with Crippen LogP contribution in [-0.4, -0.2) is 14.5 Å². The lowest BCUT2D eigenvalue weighted by Gasteiger charge is -2.13. The van der Waals surface area contributed by atoms with Crippen LogP contribution in [0.3, 0.4) is 0 Å². The van der Waals surface area contributed by atoms with Crippen LogP contribution in [0, 0.1) is 29.8 Å². The molecule has 152 valence electrons. The highest BCUT2D eigenvalue weighted by Gasteiger charge is 2.17. The molecule has 0 aliphatic heterocycles. The predicted molar refractivity (Wildman–Crippen MR) is 115 cm³/mol. The van der Waals surface area contributed by atoms with Crippen molar-refractivity contribution in [2.45, 2.75) is 26.8 Å². The molecule has 0 atom stereocenters. The molecule has 8 heteroatoms. The number of aromatic nitrogens is 2. The van der Waals surface area contributed by atoms with E-state index in [2.05, 4.69) is 0 Å². The zero-order valence-corrected chi connectivity index (χ0v) is 17.2. The summed E-state index contributed by atoms with van der Waals surface area (Å²) in [4.78, 5) is 30.2. The minimum atomic E-state index is -0.453. The van der Waals surface area contributed by atoms with E-state index in [9.17, 15) is 19.3 Å². The van der Waals surface area contributed by atoms with Crippen LogP contribution in [0.1, 0.15) is 27.4 Å². The van der Waals surface area contributed by atoms with E-state index < -0.39 is 4.92 Å². The topological polar surface area (TPSA) is 78.0 Å². The minimum absolute atomic E-state index is 0.00354. The maximum absolute atomic E-state index is 13.7. The third-order valence-corrected chi connectivity index (χ3v) is 6.21. The average molecular weight is 423 g/mol. The van der Waals surface area contributed by atoms with E-state index in [1.165, 1.54) is 35.6 Å². The largest absolute Gasteiger partial charge is 0.291 e. The van der Waals surface area contributed by atoms with Gasteiger partial charge in [-0.3, -0.25) is 19.5 Å². The summed E-state index contributed by atoms with van der Waals surface area (Å²) in [7, 11) is 0. The molecule has 0 aliphatic carbocycles. The Hall–Kier alpha value is -3.39. The Balaban J connectivity index is 1.84. The number of nitro groups is 1. The van der Waals surface area contributed by atoms with Gasteiger partial charge >= 0.3 is 0 Å². The van der Waals surface area contributed by atoms with Gasteiger partial charge in [-0.15, -0.1) is 11.3 Å². The Morgan fingerprint density at radius 1 is 1.13 bits per heavy atom. The van der Waals surface area contributed by atoms with Crippen molar-refractivity contribution < 1.29 is 9.31 Å². The van der Waals surface area contributed by atoms with E-state index in [1.807, 2.05) is 13.8 Å². The Morgan fingerprint density at radius 2 is 1.87 bits per heavy atom. The van der Waals surface area contributed by atoms with E-state index >= 15 is 0 Å². The maximum Gasteiger partial charge on any atom is 0.269 e. The highest BCUT2D eigenvalue weighted by molar-refractivity contribution is 7.18. The number of hydrogen-bond donors (Lipinski definition) is 0. The second-order valence-corrected chi connectivity index (χ2v) is 8.32. The van der Waals surface area contributed by atoms with Gasteiger partial charge in [0.15, 0.2) is 0 Å². The third-order valence-electron chi connectivity index (χ3n) is 5.11. The van der Waals surface area contributed by atoms with Gasteiger partial charge in [0.05, 0.1) is 16.9 Å². The number of nitrogens with zero attached hydrogens (tertiary/aromatic N) is 3. The minimum Gasteiger partial charge on any atom is -0.291 e. The second kappa shape index (κ2) is 7.79. The maximum atomic E-state index is 13.7. The fourth-order valence-electron chi connectivity index (χ4n) is 3.40. The first-order valence-corrected chi connectivity index (χ1v) is 10.1. The Kier molecular flexibility index (Phi) is 5.17. The molecule has 0 bridgehead atoms. The lowest BCUT2D eigenvalue weighted by Crippen LogP contribution is -2.26. The van der Waals surface area contributed by atoms with Crippen LogP contribution in [0.25, 0.3) is 10.2 Å². The van der Waals surface area contributed by atoms with Crippen molar-refractivity contribution in [1.82, 2.24) is 9.55 Å². The normalized spacial score (nSPS) is 11.2. The van der Waals surface area contributed by atoms with E-state index in [0.29, 0.717) is 28.0 Å². The van der Waals surface area contributed by atoms with Crippen molar-refractivity contribution in [2.24, 2.45) is 0 Å². The SMILES string of the molecule is Cc1sc2nc(Cc3ccc([N+](=O)[O-])cc3)n(Cc3cccc(F)c3)c(=O)c2c1C. The number of non-ortho nitro benzene ring substituents is 1. The Morgan fingerprint density at radius 3 is 2.53 bits per heavy atom. The van der Waals surface area contributed by atoms with Gasteiger partial charge in [-0.1, -0.05) is 24.3 Å². The van der Waals surface area contributed by atoms with Crippen LogP contribution in [0.5, 0.6) is 0 Å². The molecule has 0 fully saturated rings. The zero-order chi connectivity index (χ0) is 21.4. The molecule has 2 heterocycles. The molecule has 2 aromatic carbocycles. The van der Waals surface area contributed by atoms with Gasteiger partial charge in [0.1, 0.15) is 16.5 Å². The highest BCUT2D eigenvalue weighted by Crippen LogP contribution is 2.27. The number of nitro benzene ring substituents is 1. The van der Waals surface area contributed by atoms with Crippen LogP contribution in [0.4, 0.5) is 10.1 Å².